The van der Waals surface area contributed by atoms with Crippen molar-refractivity contribution >= 4 is 5.97 Å². The van der Waals surface area contributed by atoms with Crippen LogP contribution >= 0.6 is 0 Å². The monoisotopic (exact) mass is 424 g/mol. The first-order chi connectivity index (χ1) is 5.09. The molecular weight excluding hydrogens is 415 g/mol. The van der Waals surface area contributed by atoms with Crippen LogP contribution in [-0.2, 0) is 65.1 Å². The van der Waals surface area contributed by atoms with Crippen molar-refractivity contribution in [3.63, 3.8) is 0 Å². The van der Waals surface area contributed by atoms with Crippen molar-refractivity contribution in [3.8, 4) is 0 Å². The molecule has 0 atom stereocenters. The van der Waals surface area contributed by atoms with Gasteiger partial charge in [-0.1, -0.05) is 6.92 Å². The van der Waals surface area contributed by atoms with E-state index in [1.807, 2.05) is 13.8 Å². The number of rotatable bonds is 2. The maximum Gasteiger partial charge on any atom is 0.320 e. The van der Waals surface area contributed by atoms with Crippen molar-refractivity contribution in [2.45, 2.75) is 20.4 Å². The molecule has 0 bridgehead atoms. The summed E-state index contributed by atoms with van der Waals surface area (Å²) in [6, 6.07) is 2.96. The molecule has 1 radical (unpaired) electrons. The van der Waals surface area contributed by atoms with E-state index >= 15 is 0 Å². The Balaban J connectivity index is 0. The molecule has 0 saturated heterocycles. The zero-order valence-corrected chi connectivity index (χ0v) is 13.3. The largest absolute Gasteiger partial charge is 0.552 e. The molecule has 1 aromatic rings. The van der Waals surface area contributed by atoms with Gasteiger partial charge in [-0.15, -0.1) is 6.92 Å². The number of carboxylic acid groups (broad SMARTS) is 1. The van der Waals surface area contributed by atoms with Gasteiger partial charge in [0.25, 0.3) is 0 Å². The van der Waals surface area contributed by atoms with Crippen LogP contribution in [0.15, 0.2) is 0 Å². The molecule has 3 nitrogen and oxygen atoms in total. The van der Waals surface area contributed by atoms with E-state index in [1.54, 1.807) is 0 Å². The molecule has 0 spiro atoms. The second-order valence-corrected chi connectivity index (χ2v) is 2.43. The first kappa shape index (κ1) is 16.0. The van der Waals surface area contributed by atoms with Crippen molar-refractivity contribution in [2.75, 3.05) is 0 Å². The van der Waals surface area contributed by atoms with Crippen molar-refractivity contribution < 1.29 is 63.7 Å². The van der Waals surface area contributed by atoms with E-state index in [0.29, 0.717) is 0 Å². The van der Waals surface area contributed by atoms with Crippen molar-refractivity contribution in [1.82, 2.24) is 4.57 Å². The van der Waals surface area contributed by atoms with Gasteiger partial charge in [-0.3, -0.25) is 4.79 Å². The number of carboxylic acids is 1. The molecule has 1 aromatic heterocycles. The van der Waals surface area contributed by atoms with Crippen LogP contribution in [0.1, 0.15) is 11.3 Å². The molecule has 0 aliphatic carbocycles. The molecular formula is C8H9NO2WY-2. The number of aromatic nitrogens is 1. The van der Waals surface area contributed by atoms with Gasteiger partial charge in [0.15, 0.2) is 0 Å². The fourth-order valence-electron chi connectivity index (χ4n) is 0.946. The minimum absolute atomic E-state index is 0. The molecule has 1 heterocycles. The number of aliphatic carboxylic acids is 1. The second kappa shape index (κ2) is 6.92. The zero-order valence-electron chi connectivity index (χ0n) is 7.50. The third kappa shape index (κ3) is 5.09. The summed E-state index contributed by atoms with van der Waals surface area (Å²) in [6.07, 6.45) is 2.86. The number of hydrogen-bond acceptors (Lipinski definition) is 1. The van der Waals surface area contributed by atoms with Gasteiger partial charge in [-0.2, -0.15) is 0 Å². The first-order valence-electron chi connectivity index (χ1n) is 3.29. The summed E-state index contributed by atoms with van der Waals surface area (Å²) in [5.74, 6) is -0.853. The smallest absolute Gasteiger partial charge is 0.320 e. The Bertz CT molecular complexity index is 286. The van der Waals surface area contributed by atoms with E-state index in [-0.39, 0.29) is 60.3 Å². The minimum atomic E-state index is -0.853. The minimum Gasteiger partial charge on any atom is -0.552 e. The first-order valence-corrected chi connectivity index (χ1v) is 3.29. The van der Waals surface area contributed by atoms with Crippen molar-refractivity contribution in [3.05, 3.63) is 23.5 Å². The summed E-state index contributed by atoms with van der Waals surface area (Å²) in [6.45, 7) is 3.62. The third-order valence-electron chi connectivity index (χ3n) is 1.37. The van der Waals surface area contributed by atoms with E-state index < -0.39 is 5.97 Å². The third-order valence-corrected chi connectivity index (χ3v) is 1.37. The Hall–Kier alpha value is 0.542. The quantitative estimate of drug-likeness (QED) is 0.714. The van der Waals surface area contributed by atoms with Gasteiger partial charge in [0.2, 0.25) is 0 Å². The van der Waals surface area contributed by atoms with Crippen LogP contribution in [0.3, 0.4) is 0 Å². The summed E-state index contributed by atoms with van der Waals surface area (Å²) in [4.78, 5) is 10.3. The Kier molecular flexibility index (Phi) is 8.51. The van der Waals surface area contributed by atoms with E-state index in [0.717, 1.165) is 11.3 Å². The Morgan fingerprint density at radius 2 is 2.08 bits per heavy atom. The summed E-state index contributed by atoms with van der Waals surface area (Å²) in [5, 5.41) is 8.45. The van der Waals surface area contributed by atoms with Gasteiger partial charge < -0.3 is 27.5 Å². The van der Waals surface area contributed by atoms with E-state index in [1.165, 1.54) is 4.57 Å². The molecule has 1 N–H and O–H groups in total. The van der Waals surface area contributed by atoms with Gasteiger partial charge >= 0.3 is 5.97 Å². The van der Waals surface area contributed by atoms with Gasteiger partial charge in [-0.25, -0.2) is 5.69 Å². The summed E-state index contributed by atoms with van der Waals surface area (Å²) < 4.78 is 1.54. The summed E-state index contributed by atoms with van der Waals surface area (Å²) in [7, 11) is 0. The van der Waals surface area contributed by atoms with Crippen LogP contribution in [0.25, 0.3) is 0 Å². The number of hydrogen-bond donors (Lipinski definition) is 1. The molecule has 0 fully saturated rings. The number of carbonyl (C=O) groups is 1. The van der Waals surface area contributed by atoms with Crippen LogP contribution in [0.2, 0.25) is 0 Å². The molecule has 0 saturated carbocycles. The van der Waals surface area contributed by atoms with E-state index in [2.05, 4.69) is 12.3 Å². The predicted molar refractivity (Wildman–Crippen MR) is 39.2 cm³/mol. The standard InChI is InChI=1S/C8H9NO2.W.Y/c1-6-3-7(2)9(4-6)5-8(10)11;;/h5H2,1-2H3,(H,10,11);;/q-2;;. The van der Waals surface area contributed by atoms with Gasteiger partial charge in [-0.05, 0) is 0 Å². The molecule has 0 aliphatic heterocycles. The van der Waals surface area contributed by atoms with Crippen LogP contribution < -0.4 is 0 Å². The number of aryl methyl sites for hydroxylation is 2. The maximum atomic E-state index is 10.3. The van der Waals surface area contributed by atoms with E-state index in [9.17, 15) is 4.79 Å². The van der Waals surface area contributed by atoms with Crippen LogP contribution in [-0.4, -0.2) is 15.6 Å². The van der Waals surface area contributed by atoms with Crippen LogP contribution in [0.5, 0.6) is 0 Å². The van der Waals surface area contributed by atoms with Crippen molar-refractivity contribution in [1.29, 1.82) is 0 Å². The summed E-state index contributed by atoms with van der Waals surface area (Å²) >= 11 is 0. The average Bonchev–Trinajstić information content (AvgIpc) is 2.09. The molecule has 5 heteroatoms. The van der Waals surface area contributed by atoms with Crippen LogP contribution in [0.4, 0.5) is 0 Å². The molecule has 0 aromatic carbocycles. The predicted octanol–water partition coefficient (Wildman–Crippen LogP) is 0.785. The normalized spacial score (nSPS) is 8.46. The molecule has 13 heavy (non-hydrogen) atoms. The van der Waals surface area contributed by atoms with Gasteiger partial charge in [0.05, 0.1) is 6.54 Å². The molecule has 69 valence electrons. The Morgan fingerprint density at radius 3 is 2.38 bits per heavy atom. The second-order valence-electron chi connectivity index (χ2n) is 2.43. The Labute approximate surface area is 117 Å². The van der Waals surface area contributed by atoms with Gasteiger partial charge in [0, 0.05) is 53.8 Å². The fraction of sp³-hybridized carbons (Fsp3) is 0.375. The number of nitrogens with zero attached hydrogens (tertiary/aromatic N) is 1. The fourth-order valence-corrected chi connectivity index (χ4v) is 0.946. The summed E-state index contributed by atoms with van der Waals surface area (Å²) in [5.41, 5.74) is 1.66. The zero-order chi connectivity index (χ0) is 8.43. The maximum absolute atomic E-state index is 10.3. The van der Waals surface area contributed by atoms with E-state index in [4.69, 9.17) is 5.11 Å². The molecule has 0 unspecified atom stereocenters. The van der Waals surface area contributed by atoms with Gasteiger partial charge in [0.1, 0.15) is 0 Å². The average molecular weight is 424 g/mol. The molecule has 0 amide bonds. The van der Waals surface area contributed by atoms with Crippen molar-refractivity contribution in [2.24, 2.45) is 0 Å². The van der Waals surface area contributed by atoms with Crippen LogP contribution in [0, 0.1) is 26.1 Å². The molecule has 1 rings (SSSR count). The topological polar surface area (TPSA) is 42.2 Å². The Morgan fingerprint density at radius 1 is 1.54 bits per heavy atom. The SMILES string of the molecule is Cc1[c-]c(C)n(CC(=O)O)[c-]1.[W].[Y]. The molecule has 0 aliphatic rings.